The fourth-order valence-electron chi connectivity index (χ4n) is 1.77. The van der Waals surface area contributed by atoms with Gasteiger partial charge in [-0.15, -0.1) is 24.0 Å². The number of nitrogens with two attached hydrogens (primary N) is 1. The Morgan fingerprint density at radius 2 is 2.11 bits per heavy atom. The van der Waals surface area contributed by atoms with Gasteiger partial charge in [0.05, 0.1) is 6.26 Å². The number of guanidine groups is 1. The maximum absolute atomic E-state index is 5.82. The van der Waals surface area contributed by atoms with Crippen LogP contribution in [0.25, 0.3) is 0 Å². The van der Waals surface area contributed by atoms with E-state index in [1.807, 2.05) is 12.1 Å². The molecule has 0 saturated heterocycles. The van der Waals surface area contributed by atoms with Gasteiger partial charge in [-0.3, -0.25) is 0 Å². The lowest BCUT2D eigenvalue weighted by Crippen LogP contribution is -2.38. The van der Waals surface area contributed by atoms with Crippen molar-refractivity contribution in [3.8, 4) is 0 Å². The first kappa shape index (κ1) is 18.3. The zero-order chi connectivity index (χ0) is 13.4. The van der Waals surface area contributed by atoms with E-state index in [9.17, 15) is 0 Å². The smallest absolute Gasteiger partial charge is 0.189 e. The second-order valence-corrected chi connectivity index (χ2v) is 5.15. The minimum absolute atomic E-state index is 0. The Bertz CT molecular complexity index is 350. The lowest BCUT2D eigenvalue weighted by molar-refractivity contribution is 0.491. The van der Waals surface area contributed by atoms with Gasteiger partial charge in [0, 0.05) is 6.04 Å². The number of hydrogen-bond acceptors (Lipinski definition) is 2. The number of nitrogens with one attached hydrogen (secondary N) is 1. The first-order valence-corrected chi connectivity index (χ1v) is 6.66. The van der Waals surface area contributed by atoms with Crippen molar-refractivity contribution in [3.63, 3.8) is 0 Å². The van der Waals surface area contributed by atoms with Gasteiger partial charge >= 0.3 is 0 Å². The molecule has 3 N–H and O–H groups in total. The van der Waals surface area contributed by atoms with E-state index >= 15 is 0 Å². The van der Waals surface area contributed by atoms with Gasteiger partial charge in [-0.25, -0.2) is 4.99 Å². The summed E-state index contributed by atoms with van der Waals surface area (Å²) in [4.78, 5) is 4.24. The summed E-state index contributed by atoms with van der Waals surface area (Å²) in [5.41, 5.74) is 5.82. The summed E-state index contributed by atoms with van der Waals surface area (Å²) in [5, 5.41) is 3.20. The Hall–Kier alpha value is -0.720. The number of halogens is 1. The first-order valence-electron chi connectivity index (χ1n) is 6.66. The van der Waals surface area contributed by atoms with Crippen LogP contribution in [-0.2, 0) is 6.54 Å². The number of rotatable bonds is 7. The highest BCUT2D eigenvalue weighted by Crippen LogP contribution is 2.08. The van der Waals surface area contributed by atoms with Crippen LogP contribution in [0.5, 0.6) is 0 Å². The van der Waals surface area contributed by atoms with Crippen LogP contribution >= 0.6 is 24.0 Å². The second-order valence-electron chi connectivity index (χ2n) is 5.15. The van der Waals surface area contributed by atoms with Gasteiger partial charge in [-0.2, -0.15) is 0 Å². The quantitative estimate of drug-likeness (QED) is 0.433. The molecule has 19 heavy (non-hydrogen) atoms. The highest BCUT2D eigenvalue weighted by atomic mass is 127. The molecule has 1 unspecified atom stereocenters. The van der Waals surface area contributed by atoms with Crippen molar-refractivity contribution < 1.29 is 4.42 Å². The van der Waals surface area contributed by atoms with E-state index in [2.05, 4.69) is 31.1 Å². The normalized spacial score (nSPS) is 13.2. The van der Waals surface area contributed by atoms with E-state index in [1.54, 1.807) is 6.26 Å². The predicted octanol–water partition coefficient (Wildman–Crippen LogP) is 3.52. The predicted molar refractivity (Wildman–Crippen MR) is 90.7 cm³/mol. The Morgan fingerprint density at radius 1 is 1.37 bits per heavy atom. The molecule has 0 aromatic carbocycles. The lowest BCUT2D eigenvalue weighted by Gasteiger charge is -2.14. The molecule has 0 aliphatic carbocycles. The molecule has 1 aromatic heterocycles. The monoisotopic (exact) mass is 379 g/mol. The largest absolute Gasteiger partial charge is 0.467 e. The first-order chi connectivity index (χ1) is 8.58. The highest BCUT2D eigenvalue weighted by Gasteiger charge is 2.04. The standard InChI is InChI=1S/C14H25N3O.HI/c1-11(2)6-4-7-12(3)17-14(15)16-10-13-8-5-9-18-13;/h5,8-9,11-12H,4,6-7,10H2,1-3H3,(H3,15,16,17);1H. The summed E-state index contributed by atoms with van der Waals surface area (Å²) >= 11 is 0. The molecular formula is C14H26IN3O. The van der Waals surface area contributed by atoms with Crippen molar-refractivity contribution in [2.24, 2.45) is 16.6 Å². The zero-order valence-corrected chi connectivity index (χ0v) is 14.4. The third-order valence-corrected chi connectivity index (χ3v) is 2.80. The van der Waals surface area contributed by atoms with Crippen molar-refractivity contribution in [1.29, 1.82) is 0 Å². The van der Waals surface area contributed by atoms with E-state index in [1.165, 1.54) is 12.8 Å². The molecule has 0 amide bonds. The van der Waals surface area contributed by atoms with Gasteiger partial charge in [0.2, 0.25) is 0 Å². The molecule has 1 heterocycles. The minimum Gasteiger partial charge on any atom is -0.467 e. The van der Waals surface area contributed by atoms with E-state index in [0.29, 0.717) is 18.5 Å². The molecule has 0 bridgehead atoms. The summed E-state index contributed by atoms with van der Waals surface area (Å²) in [5.74, 6) is 2.08. The fraction of sp³-hybridized carbons (Fsp3) is 0.643. The van der Waals surface area contributed by atoms with Crippen LogP contribution < -0.4 is 11.1 Å². The van der Waals surface area contributed by atoms with Crippen molar-refractivity contribution in [3.05, 3.63) is 24.2 Å². The van der Waals surface area contributed by atoms with Crippen molar-refractivity contribution in [2.75, 3.05) is 0 Å². The Balaban J connectivity index is 0.00000324. The molecule has 5 heteroatoms. The SMILES string of the molecule is CC(C)CCCC(C)NC(N)=NCc1ccco1.I. The van der Waals surface area contributed by atoms with E-state index in [0.717, 1.165) is 18.1 Å². The zero-order valence-electron chi connectivity index (χ0n) is 12.1. The number of furan rings is 1. The summed E-state index contributed by atoms with van der Waals surface area (Å²) in [7, 11) is 0. The summed E-state index contributed by atoms with van der Waals surface area (Å²) in [6, 6.07) is 4.11. The molecule has 1 atom stereocenters. The molecule has 0 aliphatic heterocycles. The molecule has 0 saturated carbocycles. The van der Waals surface area contributed by atoms with Gasteiger partial charge < -0.3 is 15.5 Å². The third kappa shape index (κ3) is 8.91. The van der Waals surface area contributed by atoms with Gasteiger partial charge in [-0.05, 0) is 31.4 Å². The van der Waals surface area contributed by atoms with E-state index in [4.69, 9.17) is 10.2 Å². The van der Waals surface area contributed by atoms with Gasteiger partial charge in [-0.1, -0.05) is 26.7 Å². The number of aliphatic imine (C=N–C) groups is 1. The molecular weight excluding hydrogens is 353 g/mol. The maximum atomic E-state index is 5.82. The lowest BCUT2D eigenvalue weighted by atomic mass is 10.0. The van der Waals surface area contributed by atoms with Crippen LogP contribution in [0.2, 0.25) is 0 Å². The fourth-order valence-corrected chi connectivity index (χ4v) is 1.77. The molecule has 4 nitrogen and oxygen atoms in total. The van der Waals surface area contributed by atoms with Gasteiger partial charge in [0.15, 0.2) is 5.96 Å². The second kappa shape index (κ2) is 10.1. The Morgan fingerprint density at radius 3 is 2.68 bits per heavy atom. The molecule has 0 aliphatic rings. The van der Waals surface area contributed by atoms with E-state index in [-0.39, 0.29) is 24.0 Å². The van der Waals surface area contributed by atoms with Crippen LogP contribution in [0.4, 0.5) is 0 Å². The van der Waals surface area contributed by atoms with Crippen LogP contribution in [0.15, 0.2) is 27.8 Å². The Kier molecular flexibility index (Phi) is 9.73. The van der Waals surface area contributed by atoms with Crippen molar-refractivity contribution >= 4 is 29.9 Å². The number of hydrogen-bond donors (Lipinski definition) is 2. The molecule has 0 radical (unpaired) electrons. The van der Waals surface area contributed by atoms with Gasteiger partial charge in [0.25, 0.3) is 0 Å². The van der Waals surface area contributed by atoms with Crippen LogP contribution in [0.3, 0.4) is 0 Å². The molecule has 0 fully saturated rings. The topological polar surface area (TPSA) is 63.5 Å². The Labute approximate surface area is 133 Å². The van der Waals surface area contributed by atoms with Crippen LogP contribution in [0.1, 0.15) is 45.8 Å². The molecule has 1 rings (SSSR count). The minimum atomic E-state index is 0. The van der Waals surface area contributed by atoms with Crippen molar-refractivity contribution in [2.45, 2.75) is 52.6 Å². The summed E-state index contributed by atoms with van der Waals surface area (Å²) < 4.78 is 5.19. The van der Waals surface area contributed by atoms with Crippen LogP contribution in [0, 0.1) is 5.92 Å². The maximum Gasteiger partial charge on any atom is 0.189 e. The highest BCUT2D eigenvalue weighted by molar-refractivity contribution is 14.0. The number of nitrogens with zero attached hydrogens (tertiary/aromatic N) is 1. The average Bonchev–Trinajstić information content (AvgIpc) is 2.78. The summed E-state index contributed by atoms with van der Waals surface area (Å²) in [6.07, 6.45) is 5.24. The van der Waals surface area contributed by atoms with Crippen molar-refractivity contribution in [1.82, 2.24) is 5.32 Å². The molecule has 1 aromatic rings. The van der Waals surface area contributed by atoms with E-state index < -0.39 is 0 Å². The van der Waals surface area contributed by atoms with Gasteiger partial charge in [0.1, 0.15) is 12.3 Å². The summed E-state index contributed by atoms with van der Waals surface area (Å²) in [6.45, 7) is 7.12. The molecule has 110 valence electrons. The molecule has 0 spiro atoms. The average molecular weight is 379 g/mol. The van der Waals surface area contributed by atoms with Crippen LogP contribution in [-0.4, -0.2) is 12.0 Å². The third-order valence-electron chi connectivity index (χ3n) is 2.80.